The second kappa shape index (κ2) is 5.18. The van der Waals surface area contributed by atoms with Gasteiger partial charge in [0.15, 0.2) is 0 Å². The largest absolute Gasteiger partial charge is 0.507 e. The predicted molar refractivity (Wildman–Crippen MR) is 70.2 cm³/mol. The fourth-order valence-corrected chi connectivity index (χ4v) is 1.79. The van der Waals surface area contributed by atoms with Crippen molar-refractivity contribution in [2.45, 2.75) is 0 Å². The lowest BCUT2D eigenvalue weighted by atomic mass is 10.2. The van der Waals surface area contributed by atoms with Crippen LogP contribution in [0.3, 0.4) is 0 Å². The average molecular weight is 310 g/mol. The van der Waals surface area contributed by atoms with Crippen molar-refractivity contribution in [1.82, 2.24) is 0 Å². The van der Waals surface area contributed by atoms with Crippen LogP contribution in [0.5, 0.6) is 5.75 Å². The summed E-state index contributed by atoms with van der Waals surface area (Å²) in [6.45, 7) is 0. The Morgan fingerprint density at radius 1 is 1.22 bits per heavy atom. The van der Waals surface area contributed by atoms with E-state index in [4.69, 9.17) is 0 Å². The maximum absolute atomic E-state index is 13.1. The molecule has 0 saturated heterocycles. The zero-order valence-corrected chi connectivity index (χ0v) is 10.7. The first kappa shape index (κ1) is 12.6. The highest BCUT2D eigenvalue weighted by Gasteiger charge is 2.12. The number of benzene rings is 2. The van der Waals surface area contributed by atoms with Gasteiger partial charge >= 0.3 is 0 Å². The number of rotatable bonds is 2. The van der Waals surface area contributed by atoms with Crippen LogP contribution in [0, 0.1) is 5.82 Å². The minimum atomic E-state index is -0.501. The summed E-state index contributed by atoms with van der Waals surface area (Å²) >= 11 is 3.21. The van der Waals surface area contributed by atoms with Crippen molar-refractivity contribution >= 4 is 27.5 Å². The molecule has 0 aliphatic heterocycles. The van der Waals surface area contributed by atoms with Gasteiger partial charge in [-0.1, -0.05) is 12.1 Å². The first-order valence-corrected chi connectivity index (χ1v) is 5.91. The van der Waals surface area contributed by atoms with Crippen LogP contribution in [0.4, 0.5) is 10.1 Å². The summed E-state index contributed by atoms with van der Waals surface area (Å²) in [5.74, 6) is -1.08. The second-order valence-corrected chi connectivity index (χ2v) is 4.45. The highest BCUT2D eigenvalue weighted by molar-refractivity contribution is 9.10. The van der Waals surface area contributed by atoms with Crippen LogP contribution in [0.2, 0.25) is 0 Å². The standard InChI is InChI=1S/C13H9BrFNO2/c14-10-6-5-8(15)7-11(10)16-13(18)9-3-1-2-4-12(9)17/h1-7,17H,(H,16,18). The molecule has 92 valence electrons. The molecule has 0 heterocycles. The minimum absolute atomic E-state index is 0.123. The lowest BCUT2D eigenvalue weighted by Crippen LogP contribution is -2.12. The van der Waals surface area contributed by atoms with Gasteiger partial charge in [0.05, 0.1) is 11.3 Å². The van der Waals surface area contributed by atoms with Gasteiger partial charge in [0.1, 0.15) is 11.6 Å². The van der Waals surface area contributed by atoms with E-state index >= 15 is 0 Å². The van der Waals surface area contributed by atoms with Gasteiger partial charge in [-0.2, -0.15) is 0 Å². The van der Waals surface area contributed by atoms with E-state index in [9.17, 15) is 14.3 Å². The number of para-hydroxylation sites is 1. The molecule has 0 unspecified atom stereocenters. The minimum Gasteiger partial charge on any atom is -0.507 e. The number of hydrogen-bond donors (Lipinski definition) is 2. The summed E-state index contributed by atoms with van der Waals surface area (Å²) in [7, 11) is 0. The number of phenolic OH excluding ortho intramolecular Hbond substituents is 1. The van der Waals surface area contributed by atoms with E-state index in [2.05, 4.69) is 21.2 Å². The number of aromatic hydroxyl groups is 1. The predicted octanol–water partition coefficient (Wildman–Crippen LogP) is 3.55. The Kier molecular flexibility index (Phi) is 3.62. The Labute approximate surface area is 111 Å². The monoisotopic (exact) mass is 309 g/mol. The molecule has 0 atom stereocenters. The van der Waals surface area contributed by atoms with Crippen molar-refractivity contribution < 1.29 is 14.3 Å². The molecule has 0 aliphatic rings. The molecule has 0 aromatic heterocycles. The van der Waals surface area contributed by atoms with E-state index in [-0.39, 0.29) is 11.3 Å². The smallest absolute Gasteiger partial charge is 0.259 e. The highest BCUT2D eigenvalue weighted by Crippen LogP contribution is 2.25. The first-order valence-electron chi connectivity index (χ1n) is 5.12. The van der Waals surface area contributed by atoms with Gasteiger partial charge in [0.2, 0.25) is 0 Å². The van der Waals surface area contributed by atoms with E-state index in [0.717, 1.165) is 0 Å². The summed E-state index contributed by atoms with van der Waals surface area (Å²) in [6, 6.07) is 10.1. The van der Waals surface area contributed by atoms with Crippen LogP contribution in [0.15, 0.2) is 46.9 Å². The third kappa shape index (κ3) is 2.68. The van der Waals surface area contributed by atoms with E-state index in [0.29, 0.717) is 10.2 Å². The summed E-state index contributed by atoms with van der Waals surface area (Å²) in [5, 5.41) is 12.1. The molecule has 0 radical (unpaired) electrons. The third-order valence-corrected chi connectivity index (χ3v) is 3.02. The lowest BCUT2D eigenvalue weighted by Gasteiger charge is -2.08. The third-order valence-electron chi connectivity index (χ3n) is 2.33. The van der Waals surface area contributed by atoms with Crippen molar-refractivity contribution in [2.75, 3.05) is 5.32 Å². The molecule has 2 rings (SSSR count). The fraction of sp³-hybridized carbons (Fsp3) is 0. The van der Waals surface area contributed by atoms with Gasteiger partial charge in [-0.15, -0.1) is 0 Å². The van der Waals surface area contributed by atoms with Gasteiger partial charge in [0.25, 0.3) is 5.91 Å². The van der Waals surface area contributed by atoms with Gasteiger partial charge in [-0.25, -0.2) is 4.39 Å². The molecule has 18 heavy (non-hydrogen) atoms. The fourth-order valence-electron chi connectivity index (χ4n) is 1.45. The Bertz CT molecular complexity index is 601. The normalized spacial score (nSPS) is 10.1. The van der Waals surface area contributed by atoms with Gasteiger partial charge in [-0.05, 0) is 46.3 Å². The summed E-state index contributed by atoms with van der Waals surface area (Å²) < 4.78 is 13.6. The number of hydrogen-bond acceptors (Lipinski definition) is 2. The van der Waals surface area contributed by atoms with Crippen LogP contribution >= 0.6 is 15.9 Å². The number of amides is 1. The number of anilines is 1. The maximum atomic E-state index is 13.1. The molecule has 2 aromatic carbocycles. The zero-order valence-electron chi connectivity index (χ0n) is 9.15. The zero-order chi connectivity index (χ0) is 13.1. The molecule has 1 amide bonds. The summed E-state index contributed by atoms with van der Waals surface area (Å²) in [5.41, 5.74) is 0.442. The Balaban J connectivity index is 2.27. The molecule has 5 heteroatoms. The first-order chi connectivity index (χ1) is 8.58. The van der Waals surface area contributed by atoms with Crippen LogP contribution < -0.4 is 5.32 Å². The molecule has 3 nitrogen and oxygen atoms in total. The maximum Gasteiger partial charge on any atom is 0.259 e. The molecule has 2 N–H and O–H groups in total. The Morgan fingerprint density at radius 2 is 1.94 bits per heavy atom. The molecule has 0 saturated carbocycles. The quantitative estimate of drug-likeness (QED) is 0.891. The van der Waals surface area contributed by atoms with Crippen LogP contribution in [0.1, 0.15) is 10.4 Å². The molecule has 0 aliphatic carbocycles. The van der Waals surface area contributed by atoms with Crippen molar-refractivity contribution in [1.29, 1.82) is 0 Å². The average Bonchev–Trinajstić information content (AvgIpc) is 2.34. The van der Waals surface area contributed by atoms with Crippen molar-refractivity contribution in [2.24, 2.45) is 0 Å². The highest BCUT2D eigenvalue weighted by atomic mass is 79.9. The van der Waals surface area contributed by atoms with Crippen molar-refractivity contribution in [3.05, 3.63) is 58.3 Å². The van der Waals surface area contributed by atoms with Gasteiger partial charge in [-0.3, -0.25) is 4.79 Å². The van der Waals surface area contributed by atoms with Gasteiger partial charge < -0.3 is 10.4 Å². The van der Waals surface area contributed by atoms with E-state index < -0.39 is 11.7 Å². The van der Waals surface area contributed by atoms with Crippen LogP contribution in [0.25, 0.3) is 0 Å². The van der Waals surface area contributed by atoms with Gasteiger partial charge in [0, 0.05) is 4.47 Å². The molecular weight excluding hydrogens is 301 g/mol. The van der Waals surface area contributed by atoms with E-state index in [1.807, 2.05) is 0 Å². The topological polar surface area (TPSA) is 49.3 Å². The summed E-state index contributed by atoms with van der Waals surface area (Å²) in [4.78, 5) is 11.9. The number of nitrogens with one attached hydrogen (secondary N) is 1. The molecule has 2 aromatic rings. The second-order valence-electron chi connectivity index (χ2n) is 3.60. The lowest BCUT2D eigenvalue weighted by molar-refractivity contribution is 0.102. The SMILES string of the molecule is O=C(Nc1cc(F)ccc1Br)c1ccccc1O. The molecular formula is C13H9BrFNO2. The van der Waals surface area contributed by atoms with Crippen molar-refractivity contribution in [3.8, 4) is 5.75 Å². The van der Waals surface area contributed by atoms with Crippen LogP contribution in [-0.2, 0) is 0 Å². The number of phenols is 1. The molecule has 0 fully saturated rings. The number of carbonyl (C=O) groups excluding carboxylic acids is 1. The van der Waals surface area contributed by atoms with Crippen molar-refractivity contribution in [3.63, 3.8) is 0 Å². The number of carbonyl (C=O) groups is 1. The van der Waals surface area contributed by atoms with E-state index in [1.165, 1.54) is 30.3 Å². The Hall–Kier alpha value is -1.88. The van der Waals surface area contributed by atoms with Crippen LogP contribution in [-0.4, -0.2) is 11.0 Å². The Morgan fingerprint density at radius 3 is 2.67 bits per heavy atom. The molecule has 0 bridgehead atoms. The molecule has 0 spiro atoms. The van der Waals surface area contributed by atoms with E-state index in [1.54, 1.807) is 12.1 Å². The summed E-state index contributed by atoms with van der Waals surface area (Å²) in [6.07, 6.45) is 0. The number of halogens is 2.